The van der Waals surface area contributed by atoms with Gasteiger partial charge in [-0.2, -0.15) is 0 Å². The number of hydrogen-bond donors (Lipinski definition) is 0. The monoisotopic (exact) mass is 397 g/mol. The SMILES string of the molecule is C=CCn1c(SCc2cccc([N+](=O)[O-])c2)nnc1-c1ccc([N+](=O)[O-])cc1. The molecule has 142 valence electrons. The van der Waals surface area contributed by atoms with E-state index in [0.717, 1.165) is 5.56 Å². The van der Waals surface area contributed by atoms with Crippen LogP contribution in [0, 0.1) is 20.2 Å². The van der Waals surface area contributed by atoms with Crippen molar-refractivity contribution < 1.29 is 9.85 Å². The molecule has 0 saturated carbocycles. The highest BCUT2D eigenvalue weighted by Gasteiger charge is 2.15. The molecule has 0 aliphatic carbocycles. The molecule has 0 N–H and O–H groups in total. The summed E-state index contributed by atoms with van der Waals surface area (Å²) in [6.07, 6.45) is 1.70. The maximum Gasteiger partial charge on any atom is 0.269 e. The number of nitro benzene ring substituents is 2. The van der Waals surface area contributed by atoms with Crippen LogP contribution in [0.4, 0.5) is 11.4 Å². The normalized spacial score (nSPS) is 10.6. The molecule has 0 spiro atoms. The van der Waals surface area contributed by atoms with Gasteiger partial charge in [0.2, 0.25) is 0 Å². The van der Waals surface area contributed by atoms with Gasteiger partial charge in [-0.25, -0.2) is 0 Å². The van der Waals surface area contributed by atoms with E-state index in [1.807, 2.05) is 10.6 Å². The second-order valence-electron chi connectivity index (χ2n) is 5.73. The highest BCUT2D eigenvalue weighted by atomic mass is 32.2. The van der Waals surface area contributed by atoms with Crippen LogP contribution in [0.5, 0.6) is 0 Å². The van der Waals surface area contributed by atoms with E-state index in [-0.39, 0.29) is 11.4 Å². The maximum atomic E-state index is 10.9. The van der Waals surface area contributed by atoms with Crippen molar-refractivity contribution in [3.8, 4) is 11.4 Å². The lowest BCUT2D eigenvalue weighted by Crippen LogP contribution is -2.01. The summed E-state index contributed by atoms with van der Waals surface area (Å²) in [5.41, 5.74) is 1.53. The van der Waals surface area contributed by atoms with Crippen molar-refractivity contribution in [3.63, 3.8) is 0 Å². The van der Waals surface area contributed by atoms with Gasteiger partial charge in [-0.15, -0.1) is 16.8 Å². The van der Waals surface area contributed by atoms with Crippen LogP contribution >= 0.6 is 11.8 Å². The van der Waals surface area contributed by atoms with Gasteiger partial charge >= 0.3 is 0 Å². The third-order valence-electron chi connectivity index (χ3n) is 3.85. The lowest BCUT2D eigenvalue weighted by molar-refractivity contribution is -0.385. The fourth-order valence-corrected chi connectivity index (χ4v) is 3.43. The summed E-state index contributed by atoms with van der Waals surface area (Å²) in [5.74, 6) is 1.05. The molecule has 1 heterocycles. The van der Waals surface area contributed by atoms with Crippen LogP contribution in [0.2, 0.25) is 0 Å². The molecule has 0 aliphatic heterocycles. The summed E-state index contributed by atoms with van der Waals surface area (Å²) < 4.78 is 1.84. The Balaban J connectivity index is 1.84. The van der Waals surface area contributed by atoms with Crippen LogP contribution < -0.4 is 0 Å². The number of aromatic nitrogens is 3. The van der Waals surface area contributed by atoms with Crippen molar-refractivity contribution in [3.05, 3.63) is 87.0 Å². The lowest BCUT2D eigenvalue weighted by atomic mass is 10.2. The third-order valence-corrected chi connectivity index (χ3v) is 4.89. The van der Waals surface area contributed by atoms with Crippen molar-refractivity contribution in [2.75, 3.05) is 0 Å². The quantitative estimate of drug-likeness (QED) is 0.241. The van der Waals surface area contributed by atoms with Crippen molar-refractivity contribution >= 4 is 23.1 Å². The lowest BCUT2D eigenvalue weighted by Gasteiger charge is -2.08. The molecule has 0 radical (unpaired) electrons. The molecule has 0 unspecified atom stereocenters. The summed E-state index contributed by atoms with van der Waals surface area (Å²) in [7, 11) is 0. The smallest absolute Gasteiger partial charge is 0.269 e. The van der Waals surface area contributed by atoms with Gasteiger partial charge in [0.25, 0.3) is 11.4 Å². The summed E-state index contributed by atoms with van der Waals surface area (Å²) in [5, 5.41) is 30.8. The van der Waals surface area contributed by atoms with E-state index < -0.39 is 9.85 Å². The van der Waals surface area contributed by atoms with Gasteiger partial charge in [0.05, 0.1) is 9.85 Å². The fraction of sp³-hybridized carbons (Fsp3) is 0.111. The van der Waals surface area contributed by atoms with Crippen LogP contribution in [0.1, 0.15) is 5.56 Å². The van der Waals surface area contributed by atoms with E-state index in [9.17, 15) is 20.2 Å². The second-order valence-corrected chi connectivity index (χ2v) is 6.67. The van der Waals surface area contributed by atoms with Crippen LogP contribution in [-0.2, 0) is 12.3 Å². The molecule has 3 rings (SSSR count). The highest BCUT2D eigenvalue weighted by molar-refractivity contribution is 7.98. The molecule has 0 atom stereocenters. The molecule has 1 aromatic heterocycles. The van der Waals surface area contributed by atoms with E-state index in [1.54, 1.807) is 24.3 Å². The minimum atomic E-state index is -0.460. The predicted molar refractivity (Wildman–Crippen MR) is 105 cm³/mol. The first kappa shape index (κ1) is 19.2. The van der Waals surface area contributed by atoms with E-state index in [2.05, 4.69) is 16.8 Å². The summed E-state index contributed by atoms with van der Waals surface area (Å²) in [6.45, 7) is 4.20. The van der Waals surface area contributed by atoms with E-state index in [1.165, 1.54) is 36.0 Å². The topological polar surface area (TPSA) is 117 Å². The van der Waals surface area contributed by atoms with Crippen molar-refractivity contribution in [2.24, 2.45) is 0 Å². The molecule has 0 saturated heterocycles. The predicted octanol–water partition coefficient (Wildman–Crippen LogP) is 4.24. The third kappa shape index (κ3) is 4.23. The summed E-state index contributed by atoms with van der Waals surface area (Å²) in [6, 6.07) is 12.5. The first-order chi connectivity index (χ1) is 13.5. The van der Waals surface area contributed by atoms with Gasteiger partial charge in [0.1, 0.15) is 0 Å². The Morgan fingerprint density at radius 1 is 1.04 bits per heavy atom. The maximum absolute atomic E-state index is 10.9. The minimum Gasteiger partial charge on any atom is -0.298 e. The van der Waals surface area contributed by atoms with Gasteiger partial charge in [0.15, 0.2) is 11.0 Å². The average Bonchev–Trinajstić information content (AvgIpc) is 3.09. The van der Waals surface area contributed by atoms with Crippen LogP contribution in [0.3, 0.4) is 0 Å². The van der Waals surface area contributed by atoms with Gasteiger partial charge < -0.3 is 0 Å². The highest BCUT2D eigenvalue weighted by Crippen LogP contribution is 2.28. The van der Waals surface area contributed by atoms with Gasteiger partial charge in [-0.3, -0.25) is 24.8 Å². The zero-order chi connectivity index (χ0) is 20.1. The number of hydrogen-bond acceptors (Lipinski definition) is 7. The van der Waals surface area contributed by atoms with Crippen molar-refractivity contribution in [2.45, 2.75) is 17.5 Å². The molecular formula is C18H15N5O4S. The molecule has 3 aromatic rings. The zero-order valence-corrected chi connectivity index (χ0v) is 15.4. The molecule has 0 aliphatic rings. The van der Waals surface area contributed by atoms with E-state index in [4.69, 9.17) is 0 Å². The first-order valence-electron chi connectivity index (χ1n) is 8.14. The number of rotatable bonds is 8. The standard InChI is InChI=1S/C18H15N5O4S/c1-2-10-21-17(14-6-8-15(9-7-14)22(24)25)19-20-18(21)28-12-13-4-3-5-16(11-13)23(26)27/h2-9,11H,1,10,12H2. The van der Waals surface area contributed by atoms with Crippen LogP contribution in [0.15, 0.2) is 66.3 Å². The Hall–Kier alpha value is -3.53. The van der Waals surface area contributed by atoms with Crippen molar-refractivity contribution in [1.29, 1.82) is 0 Å². The van der Waals surface area contributed by atoms with Gasteiger partial charge in [0, 0.05) is 42.1 Å². The molecule has 28 heavy (non-hydrogen) atoms. The summed E-state index contributed by atoms with van der Waals surface area (Å²) in [4.78, 5) is 20.8. The largest absolute Gasteiger partial charge is 0.298 e. The molecule has 0 fully saturated rings. The first-order valence-corrected chi connectivity index (χ1v) is 9.13. The summed E-state index contributed by atoms with van der Waals surface area (Å²) >= 11 is 1.39. The Morgan fingerprint density at radius 2 is 1.75 bits per heavy atom. The number of allylic oxidation sites excluding steroid dienone is 1. The zero-order valence-electron chi connectivity index (χ0n) is 14.6. The number of nitrogens with zero attached hydrogens (tertiary/aromatic N) is 5. The molecule has 0 amide bonds. The van der Waals surface area contributed by atoms with Crippen molar-refractivity contribution in [1.82, 2.24) is 14.8 Å². The number of benzene rings is 2. The van der Waals surface area contributed by atoms with E-state index in [0.29, 0.717) is 28.8 Å². The number of non-ortho nitro benzene ring substituents is 2. The number of thioether (sulfide) groups is 1. The molecule has 0 bridgehead atoms. The average molecular weight is 397 g/mol. The van der Waals surface area contributed by atoms with Gasteiger partial charge in [-0.1, -0.05) is 30.0 Å². The molecular weight excluding hydrogens is 382 g/mol. The van der Waals surface area contributed by atoms with Crippen LogP contribution in [-0.4, -0.2) is 24.6 Å². The Labute approximate surface area is 164 Å². The second kappa shape index (κ2) is 8.44. The molecule has 9 nitrogen and oxygen atoms in total. The fourth-order valence-electron chi connectivity index (χ4n) is 2.54. The number of nitro groups is 2. The van der Waals surface area contributed by atoms with Crippen LogP contribution in [0.25, 0.3) is 11.4 Å². The Kier molecular flexibility index (Phi) is 5.80. The van der Waals surface area contributed by atoms with Gasteiger partial charge in [-0.05, 0) is 17.7 Å². The molecule has 2 aromatic carbocycles. The Bertz CT molecular complexity index is 1030. The Morgan fingerprint density at radius 3 is 2.39 bits per heavy atom. The van der Waals surface area contributed by atoms with E-state index >= 15 is 0 Å². The molecule has 10 heteroatoms. The minimum absolute atomic E-state index is 0.00111.